The number of ether oxygens (including phenoxy) is 1. The van der Waals surface area contributed by atoms with Gasteiger partial charge in [0.05, 0.1) is 19.0 Å². The molecule has 0 aliphatic heterocycles. The lowest BCUT2D eigenvalue weighted by molar-refractivity contribution is -0.116. The Bertz CT molecular complexity index is 694. The first-order valence-corrected chi connectivity index (χ1v) is 7.60. The van der Waals surface area contributed by atoms with Gasteiger partial charge in [-0.1, -0.05) is 12.1 Å². The van der Waals surface area contributed by atoms with E-state index >= 15 is 0 Å². The Labute approximate surface area is 141 Å². The molecule has 0 saturated carbocycles. The quantitative estimate of drug-likeness (QED) is 0.884. The summed E-state index contributed by atoms with van der Waals surface area (Å²) in [7, 11) is 4.97. The molecule has 1 aromatic carbocycles. The first kappa shape index (κ1) is 17.5. The molecule has 1 N–H and O–H groups in total. The van der Waals surface area contributed by atoms with Crippen LogP contribution >= 0.6 is 0 Å². The summed E-state index contributed by atoms with van der Waals surface area (Å²) in [5.74, 6) is 0.377. The summed E-state index contributed by atoms with van der Waals surface area (Å²) < 4.78 is 4.97. The molecule has 1 heterocycles. The number of carbonyl (C=O) groups excluding carboxylic acids is 2. The van der Waals surface area contributed by atoms with Crippen molar-refractivity contribution in [2.24, 2.45) is 0 Å². The lowest BCUT2D eigenvalue weighted by Gasteiger charge is -2.10. The largest absolute Gasteiger partial charge is 0.481 e. The van der Waals surface area contributed by atoms with Crippen LogP contribution in [0.5, 0.6) is 5.88 Å². The van der Waals surface area contributed by atoms with Gasteiger partial charge in [-0.25, -0.2) is 4.98 Å². The predicted molar refractivity (Wildman–Crippen MR) is 92.2 cm³/mol. The van der Waals surface area contributed by atoms with Crippen LogP contribution in [-0.2, 0) is 11.2 Å². The molecule has 0 aliphatic carbocycles. The Kier molecular flexibility index (Phi) is 5.89. The number of rotatable bonds is 6. The summed E-state index contributed by atoms with van der Waals surface area (Å²) in [5, 5.41) is 2.79. The zero-order valence-electron chi connectivity index (χ0n) is 14.1. The number of aromatic nitrogens is 1. The zero-order valence-corrected chi connectivity index (χ0v) is 14.1. The van der Waals surface area contributed by atoms with Gasteiger partial charge in [0.1, 0.15) is 0 Å². The maximum atomic E-state index is 12.0. The number of carbonyl (C=O) groups is 2. The molecule has 6 nitrogen and oxygen atoms in total. The molecule has 0 bridgehead atoms. The van der Waals surface area contributed by atoms with Crippen molar-refractivity contribution >= 4 is 17.5 Å². The van der Waals surface area contributed by atoms with Crippen LogP contribution in [0.3, 0.4) is 0 Å². The molecule has 6 heteroatoms. The van der Waals surface area contributed by atoms with E-state index < -0.39 is 0 Å². The molecule has 2 rings (SSSR count). The van der Waals surface area contributed by atoms with Crippen molar-refractivity contribution in [2.45, 2.75) is 12.8 Å². The van der Waals surface area contributed by atoms with E-state index in [-0.39, 0.29) is 11.8 Å². The molecule has 0 atom stereocenters. The van der Waals surface area contributed by atoms with E-state index in [0.29, 0.717) is 30.0 Å². The van der Waals surface area contributed by atoms with Crippen LogP contribution in [-0.4, -0.2) is 42.9 Å². The summed E-state index contributed by atoms with van der Waals surface area (Å²) in [6, 6.07) is 10.7. The van der Waals surface area contributed by atoms with Gasteiger partial charge < -0.3 is 15.0 Å². The summed E-state index contributed by atoms with van der Waals surface area (Å²) in [6.45, 7) is 0. The number of pyridine rings is 1. The van der Waals surface area contributed by atoms with Crippen molar-refractivity contribution in [3.8, 4) is 5.88 Å². The number of benzene rings is 1. The summed E-state index contributed by atoms with van der Waals surface area (Å²) in [6.07, 6.45) is 2.51. The Morgan fingerprint density at radius 3 is 2.38 bits per heavy atom. The molecule has 2 amide bonds. The van der Waals surface area contributed by atoms with Crippen LogP contribution in [0.25, 0.3) is 0 Å². The van der Waals surface area contributed by atoms with Crippen molar-refractivity contribution in [3.63, 3.8) is 0 Å². The number of aryl methyl sites for hydroxylation is 1. The van der Waals surface area contributed by atoms with Gasteiger partial charge in [-0.15, -0.1) is 0 Å². The molecule has 24 heavy (non-hydrogen) atoms. The molecule has 126 valence electrons. The van der Waals surface area contributed by atoms with Gasteiger partial charge in [-0.3, -0.25) is 9.59 Å². The van der Waals surface area contributed by atoms with Crippen molar-refractivity contribution in [3.05, 3.63) is 53.7 Å². The van der Waals surface area contributed by atoms with E-state index in [1.54, 1.807) is 44.6 Å². The molecular weight excluding hydrogens is 306 g/mol. The first-order chi connectivity index (χ1) is 11.5. The molecule has 0 saturated heterocycles. The van der Waals surface area contributed by atoms with Crippen molar-refractivity contribution in [2.75, 3.05) is 26.5 Å². The predicted octanol–water partition coefficient (Wildman–Crippen LogP) is 2.36. The van der Waals surface area contributed by atoms with E-state index in [4.69, 9.17) is 4.74 Å². The Morgan fingerprint density at radius 1 is 1.12 bits per heavy atom. The second kappa shape index (κ2) is 8.10. The molecule has 0 unspecified atom stereocenters. The molecule has 0 aliphatic rings. The highest BCUT2D eigenvalue weighted by atomic mass is 16.5. The lowest BCUT2D eigenvalue weighted by atomic mass is 10.1. The number of nitrogens with one attached hydrogen (secondary N) is 1. The van der Waals surface area contributed by atoms with Gasteiger partial charge >= 0.3 is 0 Å². The second-order valence-electron chi connectivity index (χ2n) is 5.53. The minimum absolute atomic E-state index is 0.0358. The minimum atomic E-state index is -0.0876. The molecule has 1 aromatic heterocycles. The van der Waals surface area contributed by atoms with Crippen molar-refractivity contribution in [1.82, 2.24) is 9.88 Å². The highest BCUT2D eigenvalue weighted by molar-refractivity contribution is 5.94. The zero-order chi connectivity index (χ0) is 17.5. The van der Waals surface area contributed by atoms with Gasteiger partial charge in [0.25, 0.3) is 5.91 Å². The summed E-state index contributed by atoms with van der Waals surface area (Å²) >= 11 is 0. The fraction of sp³-hybridized carbons (Fsp3) is 0.278. The number of anilines is 1. The van der Waals surface area contributed by atoms with Gasteiger partial charge in [-0.2, -0.15) is 0 Å². The summed E-state index contributed by atoms with van der Waals surface area (Å²) in [5.41, 5.74) is 2.28. The Balaban J connectivity index is 1.85. The fourth-order valence-corrected chi connectivity index (χ4v) is 2.13. The van der Waals surface area contributed by atoms with E-state index in [1.807, 2.05) is 12.1 Å². The lowest BCUT2D eigenvalue weighted by Crippen LogP contribution is -2.21. The maximum absolute atomic E-state index is 12.0. The average molecular weight is 327 g/mol. The van der Waals surface area contributed by atoms with Crippen molar-refractivity contribution < 1.29 is 14.3 Å². The van der Waals surface area contributed by atoms with Crippen LogP contribution in [0.1, 0.15) is 22.3 Å². The molecule has 0 spiro atoms. The Morgan fingerprint density at radius 2 is 1.83 bits per heavy atom. The highest BCUT2D eigenvalue weighted by Gasteiger charge is 2.08. The van der Waals surface area contributed by atoms with Crippen LogP contribution in [0, 0.1) is 0 Å². The van der Waals surface area contributed by atoms with Gasteiger partial charge in [-0.05, 0) is 30.2 Å². The molecule has 0 radical (unpaired) electrons. The fourth-order valence-electron chi connectivity index (χ4n) is 2.13. The third-order valence-electron chi connectivity index (χ3n) is 3.48. The third kappa shape index (κ3) is 4.81. The van der Waals surface area contributed by atoms with Crippen LogP contribution < -0.4 is 10.1 Å². The highest BCUT2D eigenvalue weighted by Crippen LogP contribution is 2.12. The standard InChI is InChI=1S/C18H21N3O3/c1-21(2)18(23)14-7-4-13(5-8-14)6-10-16(22)20-15-9-11-17(24-3)19-12-15/h4-5,7-9,11-12H,6,10H2,1-3H3,(H,20,22). The normalized spacial score (nSPS) is 10.1. The van der Waals surface area contributed by atoms with Crippen LogP contribution in [0.4, 0.5) is 5.69 Å². The van der Waals surface area contributed by atoms with E-state index in [2.05, 4.69) is 10.3 Å². The van der Waals surface area contributed by atoms with E-state index in [1.165, 1.54) is 12.0 Å². The molecule has 2 aromatic rings. The van der Waals surface area contributed by atoms with Gasteiger partial charge in [0.15, 0.2) is 0 Å². The van der Waals surface area contributed by atoms with E-state index in [0.717, 1.165) is 5.56 Å². The molecule has 0 fully saturated rings. The van der Waals surface area contributed by atoms with E-state index in [9.17, 15) is 9.59 Å². The Hall–Kier alpha value is -2.89. The number of methoxy groups -OCH3 is 1. The van der Waals surface area contributed by atoms with Crippen molar-refractivity contribution in [1.29, 1.82) is 0 Å². The number of hydrogen-bond acceptors (Lipinski definition) is 4. The SMILES string of the molecule is COc1ccc(NC(=O)CCc2ccc(C(=O)N(C)C)cc2)cn1. The number of nitrogens with zero attached hydrogens (tertiary/aromatic N) is 2. The number of amides is 2. The first-order valence-electron chi connectivity index (χ1n) is 7.60. The molecular formula is C18H21N3O3. The maximum Gasteiger partial charge on any atom is 0.253 e. The number of hydrogen-bond donors (Lipinski definition) is 1. The summed E-state index contributed by atoms with van der Waals surface area (Å²) in [4.78, 5) is 29.4. The van der Waals surface area contributed by atoms with Crippen LogP contribution in [0.2, 0.25) is 0 Å². The van der Waals surface area contributed by atoms with Crippen LogP contribution in [0.15, 0.2) is 42.6 Å². The topological polar surface area (TPSA) is 71.5 Å². The smallest absolute Gasteiger partial charge is 0.253 e. The second-order valence-corrected chi connectivity index (χ2v) is 5.53. The minimum Gasteiger partial charge on any atom is -0.481 e. The monoisotopic (exact) mass is 327 g/mol. The van der Waals surface area contributed by atoms with Gasteiger partial charge in [0.2, 0.25) is 11.8 Å². The van der Waals surface area contributed by atoms with Gasteiger partial charge in [0, 0.05) is 32.1 Å². The third-order valence-corrected chi connectivity index (χ3v) is 3.48. The average Bonchev–Trinajstić information content (AvgIpc) is 2.60.